The molecule has 5 unspecified atom stereocenters. The Balaban J connectivity index is -0.000000364. The number of carbonyl (C=O) groups is 4. The highest BCUT2D eigenvalue weighted by atomic mass is 16.4. The van der Waals surface area contributed by atoms with Gasteiger partial charge in [0.2, 0.25) is 0 Å². The molecule has 0 fully saturated rings. The molecular weight excluding hydrogens is 416 g/mol. The largest absolute Gasteiger partial charge is 0.479 e. The van der Waals surface area contributed by atoms with Crippen molar-refractivity contribution >= 4 is 23.9 Å². The number of aliphatic carboxylic acids is 4. The third-order valence-corrected chi connectivity index (χ3v) is 3.47. The Bertz CT molecular complexity index is 432. The molecule has 5 atom stereocenters. The smallest absolute Gasteiger partial charge is 0.335 e. The summed E-state index contributed by atoms with van der Waals surface area (Å²) < 4.78 is 0. The lowest BCUT2D eigenvalue weighted by Crippen LogP contribution is -2.39. The molecule has 0 aromatic rings. The van der Waals surface area contributed by atoms with Crippen LogP contribution in [-0.4, -0.2) is 113 Å². The Morgan fingerprint density at radius 2 is 0.933 bits per heavy atom. The molecule has 0 aliphatic carbocycles. The zero-order chi connectivity index (χ0) is 24.4. The number of aliphatic hydroxyl groups excluding tert-OH is 6. The van der Waals surface area contributed by atoms with Crippen molar-refractivity contribution in [1.29, 1.82) is 0 Å². The van der Waals surface area contributed by atoms with Crippen molar-refractivity contribution in [3.63, 3.8) is 0 Å². The van der Waals surface area contributed by atoms with E-state index in [0.717, 1.165) is 25.7 Å². The average Bonchev–Trinajstić information content (AvgIpc) is 2.69. The SMILES string of the molecule is CCC(CO)CCCCO.O=C(O)C(O)C(O)C(=O)O.O=C(O)C(O)C(O)C(=O)O. The van der Waals surface area contributed by atoms with Crippen molar-refractivity contribution in [3.05, 3.63) is 0 Å². The molecule has 0 heterocycles. The van der Waals surface area contributed by atoms with Crippen LogP contribution in [0.15, 0.2) is 0 Å². The van der Waals surface area contributed by atoms with Crippen LogP contribution in [0, 0.1) is 5.92 Å². The van der Waals surface area contributed by atoms with Crippen LogP contribution in [0.25, 0.3) is 0 Å². The predicted molar refractivity (Wildman–Crippen MR) is 96.4 cm³/mol. The van der Waals surface area contributed by atoms with E-state index in [2.05, 4.69) is 6.92 Å². The molecule has 0 aromatic heterocycles. The summed E-state index contributed by atoms with van der Waals surface area (Å²) in [7, 11) is 0. The Morgan fingerprint density at radius 3 is 1.10 bits per heavy atom. The van der Waals surface area contributed by atoms with E-state index in [1.54, 1.807) is 0 Å². The van der Waals surface area contributed by atoms with Gasteiger partial charge in [0.1, 0.15) is 0 Å². The molecule has 14 heteroatoms. The van der Waals surface area contributed by atoms with E-state index in [9.17, 15) is 19.2 Å². The molecule has 14 nitrogen and oxygen atoms in total. The highest BCUT2D eigenvalue weighted by Crippen LogP contribution is 2.10. The van der Waals surface area contributed by atoms with Gasteiger partial charge in [-0.05, 0) is 18.8 Å². The maximum absolute atomic E-state index is 9.77. The molecular formula is C16H30O14. The second-order valence-electron chi connectivity index (χ2n) is 5.81. The lowest BCUT2D eigenvalue weighted by Gasteiger charge is -2.09. The van der Waals surface area contributed by atoms with E-state index in [4.69, 9.17) is 51.1 Å². The fourth-order valence-corrected chi connectivity index (χ4v) is 1.51. The molecule has 0 saturated carbocycles. The van der Waals surface area contributed by atoms with E-state index in [1.165, 1.54) is 0 Å². The van der Waals surface area contributed by atoms with Crippen molar-refractivity contribution in [1.82, 2.24) is 0 Å². The van der Waals surface area contributed by atoms with Crippen LogP contribution in [0.1, 0.15) is 32.6 Å². The number of hydrogen-bond acceptors (Lipinski definition) is 10. The first kappa shape index (κ1) is 32.3. The molecule has 10 N–H and O–H groups in total. The number of hydrogen-bond donors (Lipinski definition) is 10. The van der Waals surface area contributed by atoms with Crippen molar-refractivity contribution in [3.8, 4) is 0 Å². The first-order chi connectivity index (χ1) is 13.8. The van der Waals surface area contributed by atoms with E-state index >= 15 is 0 Å². The normalized spacial score (nSPS) is 15.0. The van der Waals surface area contributed by atoms with E-state index < -0.39 is 48.3 Å². The summed E-state index contributed by atoms with van der Waals surface area (Å²) >= 11 is 0. The minimum absolute atomic E-state index is 0.280. The summed E-state index contributed by atoms with van der Waals surface area (Å²) in [6.45, 7) is 2.66. The summed E-state index contributed by atoms with van der Waals surface area (Å²) in [6, 6.07) is 0. The standard InChI is InChI=1S/C8H18O2.2C4H6O6/c1-2-8(7-10)5-3-4-6-9;2*5-1(3(7)8)2(6)4(9)10/h8-10H,2-7H2,1H3;2*1-2,5-6H,(H,7,8)(H,9,10). The molecule has 0 aliphatic rings. The molecule has 0 saturated heterocycles. The van der Waals surface area contributed by atoms with Gasteiger partial charge in [-0.1, -0.05) is 19.8 Å². The van der Waals surface area contributed by atoms with Gasteiger partial charge >= 0.3 is 23.9 Å². The van der Waals surface area contributed by atoms with Gasteiger partial charge in [-0.15, -0.1) is 0 Å². The fourth-order valence-electron chi connectivity index (χ4n) is 1.51. The van der Waals surface area contributed by atoms with E-state index in [0.29, 0.717) is 12.5 Å². The Morgan fingerprint density at radius 1 is 0.633 bits per heavy atom. The number of carboxylic acid groups (broad SMARTS) is 4. The molecule has 0 radical (unpaired) electrons. The van der Waals surface area contributed by atoms with Gasteiger partial charge in [-0.25, -0.2) is 19.2 Å². The molecule has 0 spiro atoms. The van der Waals surface area contributed by atoms with E-state index in [1.807, 2.05) is 0 Å². The van der Waals surface area contributed by atoms with Crippen molar-refractivity contribution in [2.45, 2.75) is 57.0 Å². The van der Waals surface area contributed by atoms with Gasteiger partial charge in [0.05, 0.1) is 0 Å². The zero-order valence-corrected chi connectivity index (χ0v) is 16.2. The summed E-state index contributed by atoms with van der Waals surface area (Å²) in [4.78, 5) is 39.1. The first-order valence-corrected chi connectivity index (χ1v) is 8.63. The van der Waals surface area contributed by atoms with Crippen molar-refractivity contribution in [2.24, 2.45) is 5.92 Å². The Kier molecular flexibility index (Phi) is 20.1. The van der Waals surface area contributed by atoms with Crippen LogP contribution in [0.5, 0.6) is 0 Å². The van der Waals surface area contributed by atoms with Gasteiger partial charge < -0.3 is 51.1 Å². The lowest BCUT2D eigenvalue weighted by molar-refractivity contribution is -0.165. The lowest BCUT2D eigenvalue weighted by atomic mass is 10.0. The molecule has 0 bridgehead atoms. The van der Waals surface area contributed by atoms with Crippen LogP contribution in [0.2, 0.25) is 0 Å². The molecule has 0 amide bonds. The molecule has 0 aromatic carbocycles. The minimum Gasteiger partial charge on any atom is -0.479 e. The highest BCUT2D eigenvalue weighted by Gasteiger charge is 2.30. The summed E-state index contributed by atoms with van der Waals surface area (Å²) in [5.74, 6) is -6.62. The van der Waals surface area contributed by atoms with Gasteiger partial charge in [-0.2, -0.15) is 0 Å². The average molecular weight is 446 g/mol. The van der Waals surface area contributed by atoms with Gasteiger partial charge in [0.15, 0.2) is 24.4 Å². The fraction of sp³-hybridized carbons (Fsp3) is 0.750. The Labute approximate surface area is 171 Å². The number of carboxylic acids is 4. The van der Waals surface area contributed by atoms with Gasteiger partial charge in [0.25, 0.3) is 0 Å². The second kappa shape index (κ2) is 18.7. The monoisotopic (exact) mass is 446 g/mol. The molecule has 0 aliphatic heterocycles. The molecule has 178 valence electrons. The van der Waals surface area contributed by atoms with Crippen molar-refractivity contribution < 1.29 is 70.2 Å². The van der Waals surface area contributed by atoms with Crippen LogP contribution < -0.4 is 0 Å². The number of unbranched alkanes of at least 4 members (excludes halogenated alkanes) is 1. The predicted octanol–water partition coefficient (Wildman–Crippen LogP) is -3.08. The Hall–Kier alpha value is -2.36. The number of rotatable bonds is 12. The maximum Gasteiger partial charge on any atom is 0.335 e. The maximum atomic E-state index is 9.77. The zero-order valence-electron chi connectivity index (χ0n) is 16.2. The number of aliphatic hydroxyl groups is 6. The second-order valence-corrected chi connectivity index (χ2v) is 5.81. The summed E-state index contributed by atoms with van der Waals surface area (Å²) in [5, 5.41) is 82.3. The summed E-state index contributed by atoms with van der Waals surface area (Å²) in [6.07, 6.45) is -5.06. The van der Waals surface area contributed by atoms with Crippen LogP contribution in [0.4, 0.5) is 0 Å². The third kappa shape index (κ3) is 16.6. The molecule has 0 rings (SSSR count). The summed E-state index contributed by atoms with van der Waals surface area (Å²) in [5.41, 5.74) is 0. The van der Waals surface area contributed by atoms with Crippen molar-refractivity contribution in [2.75, 3.05) is 13.2 Å². The van der Waals surface area contributed by atoms with E-state index in [-0.39, 0.29) is 6.61 Å². The van der Waals surface area contributed by atoms with Gasteiger partial charge in [0, 0.05) is 13.2 Å². The first-order valence-electron chi connectivity index (χ1n) is 8.63. The quantitative estimate of drug-likeness (QED) is 0.133. The minimum atomic E-state index is -2.27. The molecule has 30 heavy (non-hydrogen) atoms. The van der Waals surface area contributed by atoms with Gasteiger partial charge in [-0.3, -0.25) is 0 Å². The highest BCUT2D eigenvalue weighted by molar-refractivity contribution is 5.83. The van der Waals surface area contributed by atoms with Crippen LogP contribution >= 0.6 is 0 Å². The topological polar surface area (TPSA) is 271 Å². The third-order valence-electron chi connectivity index (χ3n) is 3.47. The van der Waals surface area contributed by atoms with Crippen LogP contribution in [0.3, 0.4) is 0 Å². The van der Waals surface area contributed by atoms with Crippen LogP contribution in [-0.2, 0) is 19.2 Å².